The second kappa shape index (κ2) is 12.3. The first-order valence-corrected chi connectivity index (χ1v) is 8.78. The van der Waals surface area contributed by atoms with E-state index in [9.17, 15) is 28.8 Å². The van der Waals surface area contributed by atoms with Gasteiger partial charge in [0.15, 0.2) is 0 Å². The van der Waals surface area contributed by atoms with Gasteiger partial charge in [-0.25, -0.2) is 4.79 Å². The molecule has 13 heteroatoms. The number of rotatable bonds is 13. The Labute approximate surface area is 167 Å². The molecule has 0 aliphatic heterocycles. The summed E-state index contributed by atoms with van der Waals surface area (Å²) >= 11 is 0. The Morgan fingerprint density at radius 3 is 1.86 bits per heavy atom. The highest BCUT2D eigenvalue weighted by atomic mass is 16.4. The van der Waals surface area contributed by atoms with E-state index in [-0.39, 0.29) is 12.8 Å². The molecule has 5 amide bonds. The van der Waals surface area contributed by atoms with Crippen LogP contribution in [0.2, 0.25) is 0 Å². The standard InChI is InChI=1S/C16H28N6O7/c1-7(2)13(15(27)21-9(16(28)29)5-11(19)24)22-14(26)8(3-4-10(18)23)20-12(25)6-17/h7-9,13H,3-6,17H2,1-2H3,(H2,18,23)(H2,19,24)(H,20,25)(H,21,27)(H,22,26)(H,28,29). The zero-order valence-corrected chi connectivity index (χ0v) is 16.3. The molecule has 0 aromatic rings. The van der Waals surface area contributed by atoms with Gasteiger partial charge < -0.3 is 38.3 Å². The second-order valence-electron chi connectivity index (χ2n) is 6.63. The minimum Gasteiger partial charge on any atom is -0.480 e. The van der Waals surface area contributed by atoms with Crippen molar-refractivity contribution in [3.63, 3.8) is 0 Å². The van der Waals surface area contributed by atoms with E-state index in [4.69, 9.17) is 22.3 Å². The average molecular weight is 416 g/mol. The molecule has 0 saturated heterocycles. The van der Waals surface area contributed by atoms with Gasteiger partial charge in [-0.3, -0.25) is 24.0 Å². The van der Waals surface area contributed by atoms with Crippen LogP contribution in [0.3, 0.4) is 0 Å². The van der Waals surface area contributed by atoms with Crippen molar-refractivity contribution in [2.75, 3.05) is 6.54 Å². The predicted octanol–water partition coefficient (Wildman–Crippen LogP) is -3.72. The van der Waals surface area contributed by atoms with Crippen LogP contribution in [0.25, 0.3) is 0 Å². The zero-order chi connectivity index (χ0) is 22.7. The van der Waals surface area contributed by atoms with Gasteiger partial charge in [0, 0.05) is 6.42 Å². The van der Waals surface area contributed by atoms with Gasteiger partial charge in [-0.2, -0.15) is 0 Å². The van der Waals surface area contributed by atoms with E-state index in [2.05, 4.69) is 16.0 Å². The SMILES string of the molecule is CC(C)C(NC(=O)C(CCC(N)=O)NC(=O)CN)C(=O)NC(CC(N)=O)C(=O)O. The predicted molar refractivity (Wildman–Crippen MR) is 99.6 cm³/mol. The Morgan fingerprint density at radius 1 is 0.862 bits per heavy atom. The van der Waals surface area contributed by atoms with Crippen LogP contribution in [-0.2, 0) is 28.8 Å². The van der Waals surface area contributed by atoms with E-state index in [1.807, 2.05) is 0 Å². The Balaban J connectivity index is 5.33. The summed E-state index contributed by atoms with van der Waals surface area (Å²) in [7, 11) is 0. The fourth-order valence-corrected chi connectivity index (χ4v) is 2.26. The molecule has 0 spiro atoms. The Hall–Kier alpha value is -3.22. The third kappa shape index (κ3) is 10.0. The third-order valence-corrected chi connectivity index (χ3v) is 3.78. The smallest absolute Gasteiger partial charge is 0.326 e. The molecule has 0 fully saturated rings. The number of nitrogens with two attached hydrogens (primary N) is 3. The minimum atomic E-state index is -1.57. The van der Waals surface area contributed by atoms with Gasteiger partial charge in [0.05, 0.1) is 13.0 Å². The van der Waals surface area contributed by atoms with Gasteiger partial charge in [0.2, 0.25) is 29.5 Å². The summed E-state index contributed by atoms with van der Waals surface area (Å²) in [4.78, 5) is 69.7. The number of amides is 5. The maximum Gasteiger partial charge on any atom is 0.326 e. The quantitative estimate of drug-likeness (QED) is 0.157. The number of primary amides is 2. The van der Waals surface area contributed by atoms with Crippen LogP contribution in [0.5, 0.6) is 0 Å². The summed E-state index contributed by atoms with van der Waals surface area (Å²) in [5, 5.41) is 16.0. The normalized spacial score (nSPS) is 13.7. The molecule has 13 nitrogen and oxygen atoms in total. The number of hydrogen-bond donors (Lipinski definition) is 7. The van der Waals surface area contributed by atoms with Crippen LogP contribution in [0.1, 0.15) is 33.1 Å². The topological polar surface area (TPSA) is 237 Å². The van der Waals surface area contributed by atoms with Crippen LogP contribution in [0.4, 0.5) is 0 Å². The molecule has 0 aliphatic rings. The average Bonchev–Trinajstić information content (AvgIpc) is 2.60. The maximum absolute atomic E-state index is 12.5. The first-order valence-electron chi connectivity index (χ1n) is 8.78. The van der Waals surface area contributed by atoms with Crippen molar-refractivity contribution in [2.24, 2.45) is 23.1 Å². The molecular formula is C16H28N6O7. The van der Waals surface area contributed by atoms with Gasteiger partial charge >= 0.3 is 5.97 Å². The lowest BCUT2D eigenvalue weighted by Gasteiger charge is -2.26. The monoisotopic (exact) mass is 416 g/mol. The summed E-state index contributed by atoms with van der Waals surface area (Å²) < 4.78 is 0. The fraction of sp³-hybridized carbons (Fsp3) is 0.625. The number of hydrogen-bond acceptors (Lipinski definition) is 7. The van der Waals surface area contributed by atoms with Crippen molar-refractivity contribution in [3.8, 4) is 0 Å². The van der Waals surface area contributed by atoms with Crippen LogP contribution in [0, 0.1) is 5.92 Å². The zero-order valence-electron chi connectivity index (χ0n) is 16.3. The van der Waals surface area contributed by atoms with Gasteiger partial charge in [-0.15, -0.1) is 0 Å². The lowest BCUT2D eigenvalue weighted by atomic mass is 10.0. The summed E-state index contributed by atoms with van der Waals surface area (Å²) in [5.74, 6) is -5.89. The van der Waals surface area contributed by atoms with Crippen molar-refractivity contribution in [2.45, 2.75) is 51.2 Å². The summed E-state index contributed by atoms with van der Waals surface area (Å²) in [6, 6.07) is -3.95. The molecule has 0 rings (SSSR count). The maximum atomic E-state index is 12.5. The van der Waals surface area contributed by atoms with E-state index in [1.165, 1.54) is 0 Å². The van der Waals surface area contributed by atoms with Crippen molar-refractivity contribution < 1.29 is 33.9 Å². The molecule has 3 atom stereocenters. The van der Waals surface area contributed by atoms with E-state index in [0.717, 1.165) is 0 Å². The van der Waals surface area contributed by atoms with Gasteiger partial charge in [0.25, 0.3) is 0 Å². The molecular weight excluding hydrogens is 388 g/mol. The minimum absolute atomic E-state index is 0.126. The number of carboxylic acids is 1. The van der Waals surface area contributed by atoms with Crippen molar-refractivity contribution in [1.29, 1.82) is 0 Å². The highest BCUT2D eigenvalue weighted by Crippen LogP contribution is 2.06. The van der Waals surface area contributed by atoms with Gasteiger partial charge in [-0.1, -0.05) is 13.8 Å². The van der Waals surface area contributed by atoms with Crippen molar-refractivity contribution in [1.82, 2.24) is 16.0 Å². The Morgan fingerprint density at radius 2 is 1.45 bits per heavy atom. The lowest BCUT2D eigenvalue weighted by Crippen LogP contribution is -2.58. The van der Waals surface area contributed by atoms with E-state index in [0.29, 0.717) is 0 Å². The molecule has 0 aromatic carbocycles. The largest absolute Gasteiger partial charge is 0.480 e. The summed E-state index contributed by atoms with van der Waals surface area (Å²) in [6.07, 6.45) is -0.965. The van der Waals surface area contributed by atoms with Crippen LogP contribution < -0.4 is 33.2 Å². The first kappa shape index (κ1) is 25.8. The lowest BCUT2D eigenvalue weighted by molar-refractivity contribution is -0.144. The number of aliphatic carboxylic acids is 1. The van der Waals surface area contributed by atoms with Crippen LogP contribution in [-0.4, -0.2) is 65.3 Å². The molecule has 10 N–H and O–H groups in total. The molecule has 0 saturated carbocycles. The molecule has 0 heterocycles. The van der Waals surface area contributed by atoms with Gasteiger partial charge in [-0.05, 0) is 12.3 Å². The Bertz CT molecular complexity index is 652. The fourth-order valence-electron chi connectivity index (χ4n) is 2.26. The molecule has 0 aromatic heterocycles. The second-order valence-corrected chi connectivity index (χ2v) is 6.63. The molecule has 0 bridgehead atoms. The molecule has 29 heavy (non-hydrogen) atoms. The summed E-state index contributed by atoms with van der Waals surface area (Å²) in [5.41, 5.74) is 15.2. The molecule has 164 valence electrons. The van der Waals surface area contributed by atoms with E-state index >= 15 is 0 Å². The van der Waals surface area contributed by atoms with Crippen molar-refractivity contribution in [3.05, 3.63) is 0 Å². The van der Waals surface area contributed by atoms with Crippen LogP contribution in [0.15, 0.2) is 0 Å². The number of carbonyl (C=O) groups is 6. The van der Waals surface area contributed by atoms with Gasteiger partial charge in [0.1, 0.15) is 18.1 Å². The van der Waals surface area contributed by atoms with Crippen LogP contribution >= 0.6 is 0 Å². The highest BCUT2D eigenvalue weighted by Gasteiger charge is 2.31. The molecule has 3 unspecified atom stereocenters. The van der Waals surface area contributed by atoms with E-state index < -0.39 is 72.5 Å². The van der Waals surface area contributed by atoms with Crippen molar-refractivity contribution >= 4 is 35.5 Å². The number of nitrogens with one attached hydrogen (secondary N) is 3. The number of carboxylic acid groups (broad SMARTS) is 1. The highest BCUT2D eigenvalue weighted by molar-refractivity contribution is 5.94. The molecule has 0 radical (unpaired) electrons. The van der Waals surface area contributed by atoms with E-state index in [1.54, 1.807) is 13.8 Å². The molecule has 0 aliphatic carbocycles. The number of carbonyl (C=O) groups excluding carboxylic acids is 5. The Kier molecular flexibility index (Phi) is 10.9. The first-order chi connectivity index (χ1) is 13.4. The summed E-state index contributed by atoms with van der Waals surface area (Å²) in [6.45, 7) is 2.78. The third-order valence-electron chi connectivity index (χ3n) is 3.78.